The molecule has 0 atom stereocenters. The second-order valence-corrected chi connectivity index (χ2v) is 5.37. The maximum atomic E-state index is 5.83. The molecule has 0 heterocycles. The van der Waals surface area contributed by atoms with Crippen LogP contribution in [0.5, 0.6) is 5.75 Å². The first-order valence-corrected chi connectivity index (χ1v) is 6.67. The average molecular weight is 338 g/mol. The zero-order chi connectivity index (χ0) is 12.3. The second-order valence-electron chi connectivity index (χ2n) is 4.20. The lowest BCUT2D eigenvalue weighted by molar-refractivity contribution is 0.305. The minimum atomic E-state index is 0.627. The van der Waals surface area contributed by atoms with Gasteiger partial charge in [0.15, 0.2) is 0 Å². The summed E-state index contributed by atoms with van der Waals surface area (Å²) in [5.41, 5.74) is 3.71. The number of rotatable bonds is 3. The first-order valence-electron chi connectivity index (χ1n) is 5.59. The van der Waals surface area contributed by atoms with Crippen LogP contribution >= 0.6 is 22.6 Å². The van der Waals surface area contributed by atoms with Gasteiger partial charge in [-0.1, -0.05) is 24.3 Å². The minimum absolute atomic E-state index is 0.627. The molecule has 2 aromatic carbocycles. The molecule has 2 rings (SSSR count). The van der Waals surface area contributed by atoms with Gasteiger partial charge in [-0.05, 0) is 65.8 Å². The van der Waals surface area contributed by atoms with Crippen molar-refractivity contribution in [2.75, 3.05) is 0 Å². The Hall–Kier alpha value is -1.03. The van der Waals surface area contributed by atoms with Crippen molar-refractivity contribution < 1.29 is 4.74 Å². The Morgan fingerprint density at radius 3 is 2.29 bits per heavy atom. The fourth-order valence-electron chi connectivity index (χ4n) is 1.79. The van der Waals surface area contributed by atoms with Gasteiger partial charge in [-0.15, -0.1) is 0 Å². The Morgan fingerprint density at radius 1 is 1.00 bits per heavy atom. The Balaban J connectivity index is 2.10. The molecule has 1 nitrogen and oxygen atoms in total. The summed E-state index contributed by atoms with van der Waals surface area (Å²) in [6.07, 6.45) is 0. The summed E-state index contributed by atoms with van der Waals surface area (Å²) in [6, 6.07) is 14.6. The van der Waals surface area contributed by atoms with Crippen molar-refractivity contribution in [1.82, 2.24) is 0 Å². The molecular formula is C15H15IO. The van der Waals surface area contributed by atoms with Gasteiger partial charge >= 0.3 is 0 Å². The number of hydrogen-bond acceptors (Lipinski definition) is 1. The van der Waals surface area contributed by atoms with Crippen molar-refractivity contribution in [3.05, 3.63) is 62.7 Å². The van der Waals surface area contributed by atoms with Crippen LogP contribution in [0, 0.1) is 17.4 Å². The number of benzene rings is 2. The molecule has 0 bridgehead atoms. The largest absolute Gasteiger partial charge is 0.489 e. The van der Waals surface area contributed by atoms with Gasteiger partial charge in [-0.3, -0.25) is 0 Å². The first-order chi connectivity index (χ1) is 8.15. The van der Waals surface area contributed by atoms with Crippen molar-refractivity contribution >= 4 is 22.6 Å². The van der Waals surface area contributed by atoms with E-state index in [1.807, 2.05) is 12.1 Å². The minimum Gasteiger partial charge on any atom is -0.489 e. The van der Waals surface area contributed by atoms with Crippen LogP contribution in [0.25, 0.3) is 0 Å². The van der Waals surface area contributed by atoms with E-state index < -0.39 is 0 Å². The van der Waals surface area contributed by atoms with Crippen molar-refractivity contribution in [2.45, 2.75) is 20.5 Å². The SMILES string of the molecule is Cc1cc(C)cc(OCc2ccccc2I)c1. The van der Waals surface area contributed by atoms with E-state index in [0.717, 1.165) is 5.75 Å². The van der Waals surface area contributed by atoms with Crippen molar-refractivity contribution in [3.63, 3.8) is 0 Å². The zero-order valence-corrected chi connectivity index (χ0v) is 12.2. The number of hydrogen-bond donors (Lipinski definition) is 0. The predicted molar refractivity (Wildman–Crippen MR) is 79.4 cm³/mol. The fraction of sp³-hybridized carbons (Fsp3) is 0.200. The standard InChI is InChI=1S/C15H15IO/c1-11-7-12(2)9-14(8-11)17-10-13-5-3-4-6-15(13)16/h3-9H,10H2,1-2H3. The summed E-state index contributed by atoms with van der Waals surface area (Å²) in [7, 11) is 0. The quantitative estimate of drug-likeness (QED) is 0.750. The molecule has 0 amide bonds. The first kappa shape index (κ1) is 12.4. The summed E-state index contributed by atoms with van der Waals surface area (Å²) in [6.45, 7) is 4.81. The van der Waals surface area contributed by atoms with Gasteiger partial charge in [-0.2, -0.15) is 0 Å². The van der Waals surface area contributed by atoms with Gasteiger partial charge in [-0.25, -0.2) is 0 Å². The third-order valence-electron chi connectivity index (χ3n) is 2.55. The summed E-state index contributed by atoms with van der Waals surface area (Å²) in [4.78, 5) is 0. The molecule has 2 heteroatoms. The van der Waals surface area contributed by atoms with Crippen LogP contribution in [-0.4, -0.2) is 0 Å². The van der Waals surface area contributed by atoms with Gasteiger partial charge in [0.25, 0.3) is 0 Å². The second kappa shape index (κ2) is 5.54. The lowest BCUT2D eigenvalue weighted by Gasteiger charge is -2.09. The van der Waals surface area contributed by atoms with E-state index in [1.165, 1.54) is 20.3 Å². The fourth-order valence-corrected chi connectivity index (χ4v) is 2.34. The monoisotopic (exact) mass is 338 g/mol. The van der Waals surface area contributed by atoms with Gasteiger partial charge in [0, 0.05) is 9.13 Å². The van der Waals surface area contributed by atoms with Crippen molar-refractivity contribution in [2.24, 2.45) is 0 Å². The molecular weight excluding hydrogens is 323 g/mol. The molecule has 0 saturated heterocycles. The predicted octanol–water partition coefficient (Wildman–Crippen LogP) is 4.49. The van der Waals surface area contributed by atoms with Crippen LogP contribution in [0.2, 0.25) is 0 Å². The van der Waals surface area contributed by atoms with E-state index in [0.29, 0.717) is 6.61 Å². The van der Waals surface area contributed by atoms with Crippen LogP contribution in [0.1, 0.15) is 16.7 Å². The molecule has 0 radical (unpaired) electrons. The average Bonchev–Trinajstić information content (AvgIpc) is 2.27. The van der Waals surface area contributed by atoms with Crippen LogP contribution in [0.15, 0.2) is 42.5 Å². The van der Waals surface area contributed by atoms with E-state index >= 15 is 0 Å². The Kier molecular flexibility index (Phi) is 4.05. The molecule has 0 aromatic heterocycles. The van der Waals surface area contributed by atoms with E-state index in [4.69, 9.17) is 4.74 Å². The maximum absolute atomic E-state index is 5.83. The summed E-state index contributed by atoms with van der Waals surface area (Å²) >= 11 is 2.34. The normalized spacial score (nSPS) is 10.3. The van der Waals surface area contributed by atoms with E-state index in [9.17, 15) is 0 Å². The lowest BCUT2D eigenvalue weighted by atomic mass is 10.1. The number of ether oxygens (including phenoxy) is 1. The Bertz CT molecular complexity index is 500. The highest BCUT2D eigenvalue weighted by molar-refractivity contribution is 14.1. The number of aryl methyl sites for hydroxylation is 2. The van der Waals surface area contributed by atoms with Gasteiger partial charge in [0.1, 0.15) is 12.4 Å². The van der Waals surface area contributed by atoms with Gasteiger partial charge in [0.2, 0.25) is 0 Å². The highest BCUT2D eigenvalue weighted by Gasteiger charge is 2.01. The third kappa shape index (κ3) is 3.46. The molecule has 0 N–H and O–H groups in total. The van der Waals surface area contributed by atoms with Crippen LogP contribution in [-0.2, 0) is 6.61 Å². The molecule has 0 unspecified atom stereocenters. The van der Waals surface area contributed by atoms with Crippen LogP contribution in [0.4, 0.5) is 0 Å². The van der Waals surface area contributed by atoms with Crippen molar-refractivity contribution in [1.29, 1.82) is 0 Å². The molecule has 17 heavy (non-hydrogen) atoms. The number of halogens is 1. The molecule has 88 valence electrons. The van der Waals surface area contributed by atoms with Crippen LogP contribution in [0.3, 0.4) is 0 Å². The highest BCUT2D eigenvalue weighted by Crippen LogP contribution is 2.19. The Labute approximate surface area is 116 Å². The molecule has 0 aliphatic rings. The summed E-state index contributed by atoms with van der Waals surface area (Å²) in [5.74, 6) is 0.946. The Morgan fingerprint density at radius 2 is 1.65 bits per heavy atom. The molecule has 2 aromatic rings. The molecule has 0 spiro atoms. The van der Waals surface area contributed by atoms with E-state index in [-0.39, 0.29) is 0 Å². The summed E-state index contributed by atoms with van der Waals surface area (Å²) in [5, 5.41) is 0. The van der Waals surface area contributed by atoms with E-state index in [2.05, 4.69) is 66.8 Å². The van der Waals surface area contributed by atoms with E-state index in [1.54, 1.807) is 0 Å². The molecule has 0 saturated carbocycles. The zero-order valence-electron chi connectivity index (χ0n) is 10.0. The summed E-state index contributed by atoms with van der Waals surface area (Å²) < 4.78 is 7.07. The molecule has 0 fully saturated rings. The van der Waals surface area contributed by atoms with Crippen LogP contribution < -0.4 is 4.74 Å². The molecule has 0 aliphatic carbocycles. The highest BCUT2D eigenvalue weighted by atomic mass is 127. The van der Waals surface area contributed by atoms with Crippen molar-refractivity contribution in [3.8, 4) is 5.75 Å². The maximum Gasteiger partial charge on any atom is 0.120 e. The van der Waals surface area contributed by atoms with Gasteiger partial charge in [0.05, 0.1) is 0 Å². The smallest absolute Gasteiger partial charge is 0.120 e. The topological polar surface area (TPSA) is 9.23 Å². The van der Waals surface area contributed by atoms with Gasteiger partial charge < -0.3 is 4.74 Å². The third-order valence-corrected chi connectivity index (χ3v) is 3.60. The molecule has 0 aliphatic heterocycles. The lowest BCUT2D eigenvalue weighted by Crippen LogP contribution is -1.98.